The molecule has 0 saturated carbocycles. The standard InChI is InChI=1S/C20H18O5/c1-11-13(6-7-16(22-2)20(11)23-3)14-5-4-12-8-17-18(25-10-24-17)9-15(12)19(14)21/h4-9,21H,10H2,1-3H3. The lowest BCUT2D eigenvalue weighted by atomic mass is 9.95. The van der Waals surface area contributed by atoms with Gasteiger partial charge in [0.25, 0.3) is 0 Å². The zero-order valence-electron chi connectivity index (χ0n) is 14.3. The Morgan fingerprint density at radius 1 is 0.920 bits per heavy atom. The molecule has 0 atom stereocenters. The summed E-state index contributed by atoms with van der Waals surface area (Å²) >= 11 is 0. The van der Waals surface area contributed by atoms with Crippen molar-refractivity contribution >= 4 is 10.8 Å². The van der Waals surface area contributed by atoms with Gasteiger partial charge in [0.15, 0.2) is 23.0 Å². The highest BCUT2D eigenvalue weighted by molar-refractivity contribution is 5.97. The molecule has 0 spiro atoms. The van der Waals surface area contributed by atoms with E-state index in [1.807, 2.05) is 43.3 Å². The molecule has 0 aliphatic carbocycles. The van der Waals surface area contributed by atoms with Gasteiger partial charge in [-0.15, -0.1) is 0 Å². The number of ether oxygens (including phenoxy) is 4. The summed E-state index contributed by atoms with van der Waals surface area (Å²) in [6.45, 7) is 2.15. The summed E-state index contributed by atoms with van der Waals surface area (Å²) in [5.41, 5.74) is 2.51. The van der Waals surface area contributed by atoms with Crippen molar-refractivity contribution < 1.29 is 24.1 Å². The lowest BCUT2D eigenvalue weighted by Gasteiger charge is -2.16. The Hall–Kier alpha value is -3.08. The quantitative estimate of drug-likeness (QED) is 0.773. The second-order valence-corrected chi connectivity index (χ2v) is 5.86. The van der Waals surface area contributed by atoms with E-state index in [4.69, 9.17) is 18.9 Å². The minimum Gasteiger partial charge on any atom is -0.507 e. The van der Waals surface area contributed by atoms with Crippen molar-refractivity contribution in [3.05, 3.63) is 42.0 Å². The molecule has 128 valence electrons. The maximum atomic E-state index is 10.9. The zero-order chi connectivity index (χ0) is 17.6. The second-order valence-electron chi connectivity index (χ2n) is 5.86. The van der Waals surface area contributed by atoms with Gasteiger partial charge in [0.2, 0.25) is 6.79 Å². The van der Waals surface area contributed by atoms with Crippen LogP contribution in [0.2, 0.25) is 0 Å². The van der Waals surface area contributed by atoms with Gasteiger partial charge in [-0.05, 0) is 36.1 Å². The molecule has 25 heavy (non-hydrogen) atoms. The monoisotopic (exact) mass is 338 g/mol. The van der Waals surface area contributed by atoms with Crippen molar-refractivity contribution in [3.63, 3.8) is 0 Å². The van der Waals surface area contributed by atoms with Crippen molar-refractivity contribution in [3.8, 4) is 39.9 Å². The zero-order valence-corrected chi connectivity index (χ0v) is 14.3. The van der Waals surface area contributed by atoms with Gasteiger partial charge < -0.3 is 24.1 Å². The number of rotatable bonds is 3. The second kappa shape index (κ2) is 5.77. The molecular formula is C20H18O5. The Morgan fingerprint density at radius 2 is 1.64 bits per heavy atom. The Labute approximate surface area is 145 Å². The molecule has 0 radical (unpaired) electrons. The third-order valence-electron chi connectivity index (χ3n) is 4.57. The molecule has 1 aliphatic rings. The lowest BCUT2D eigenvalue weighted by Crippen LogP contribution is -1.95. The largest absolute Gasteiger partial charge is 0.507 e. The van der Waals surface area contributed by atoms with E-state index < -0.39 is 0 Å². The van der Waals surface area contributed by atoms with Gasteiger partial charge in [-0.2, -0.15) is 0 Å². The van der Waals surface area contributed by atoms with E-state index >= 15 is 0 Å². The number of phenols is 1. The normalized spacial score (nSPS) is 12.4. The highest BCUT2D eigenvalue weighted by atomic mass is 16.7. The van der Waals surface area contributed by atoms with Gasteiger partial charge in [-0.1, -0.05) is 18.2 Å². The predicted molar refractivity (Wildman–Crippen MR) is 95.0 cm³/mol. The van der Waals surface area contributed by atoms with Crippen LogP contribution in [0.1, 0.15) is 5.56 Å². The summed E-state index contributed by atoms with van der Waals surface area (Å²) in [4.78, 5) is 0. The van der Waals surface area contributed by atoms with E-state index in [0.29, 0.717) is 23.0 Å². The summed E-state index contributed by atoms with van der Waals surface area (Å²) in [7, 11) is 3.21. The number of hydrogen-bond donors (Lipinski definition) is 1. The number of benzene rings is 3. The van der Waals surface area contributed by atoms with Gasteiger partial charge in [0.05, 0.1) is 14.2 Å². The molecule has 0 amide bonds. The van der Waals surface area contributed by atoms with Crippen LogP contribution in [0.25, 0.3) is 21.9 Å². The number of hydrogen-bond acceptors (Lipinski definition) is 5. The van der Waals surface area contributed by atoms with Gasteiger partial charge in [-0.25, -0.2) is 0 Å². The summed E-state index contributed by atoms with van der Waals surface area (Å²) < 4.78 is 21.6. The minimum atomic E-state index is 0.200. The molecule has 5 heteroatoms. The molecular weight excluding hydrogens is 320 g/mol. The highest BCUT2D eigenvalue weighted by Gasteiger charge is 2.19. The third-order valence-corrected chi connectivity index (χ3v) is 4.57. The SMILES string of the molecule is COc1ccc(-c2ccc3cc4c(cc3c2O)OCO4)c(C)c1OC. The topological polar surface area (TPSA) is 57.2 Å². The van der Waals surface area contributed by atoms with E-state index in [9.17, 15) is 5.11 Å². The molecule has 1 heterocycles. The van der Waals surface area contributed by atoms with Gasteiger partial charge in [-0.3, -0.25) is 0 Å². The van der Waals surface area contributed by atoms with Crippen LogP contribution in [0, 0.1) is 6.92 Å². The molecule has 3 aromatic rings. The van der Waals surface area contributed by atoms with Crippen LogP contribution in [-0.4, -0.2) is 26.1 Å². The van der Waals surface area contributed by atoms with E-state index in [1.54, 1.807) is 14.2 Å². The number of aromatic hydroxyl groups is 1. The van der Waals surface area contributed by atoms with Crippen molar-refractivity contribution in [1.82, 2.24) is 0 Å². The first kappa shape index (κ1) is 15.4. The van der Waals surface area contributed by atoms with Gasteiger partial charge >= 0.3 is 0 Å². The summed E-state index contributed by atoms with van der Waals surface area (Å²) in [5, 5.41) is 12.5. The Kier molecular flexibility index (Phi) is 3.57. The third kappa shape index (κ3) is 2.31. The maximum absolute atomic E-state index is 10.9. The molecule has 3 aromatic carbocycles. The molecule has 0 aromatic heterocycles. The maximum Gasteiger partial charge on any atom is 0.231 e. The van der Waals surface area contributed by atoms with Crippen LogP contribution in [-0.2, 0) is 0 Å². The molecule has 4 rings (SSSR count). The summed E-state index contributed by atoms with van der Waals surface area (Å²) in [6.07, 6.45) is 0. The smallest absolute Gasteiger partial charge is 0.231 e. The van der Waals surface area contributed by atoms with Crippen molar-refractivity contribution in [1.29, 1.82) is 0 Å². The van der Waals surface area contributed by atoms with E-state index in [2.05, 4.69) is 0 Å². The number of phenolic OH excluding ortho intramolecular Hbond substituents is 1. The van der Waals surface area contributed by atoms with Crippen LogP contribution in [0.4, 0.5) is 0 Å². The Balaban J connectivity index is 1.93. The minimum absolute atomic E-state index is 0.200. The Bertz CT molecular complexity index is 978. The fourth-order valence-corrected chi connectivity index (χ4v) is 3.29. The number of methoxy groups -OCH3 is 2. The van der Waals surface area contributed by atoms with E-state index in [0.717, 1.165) is 27.5 Å². The van der Waals surface area contributed by atoms with Crippen LogP contribution in [0.5, 0.6) is 28.7 Å². The fraction of sp³-hybridized carbons (Fsp3) is 0.200. The molecule has 1 N–H and O–H groups in total. The van der Waals surface area contributed by atoms with Crippen LogP contribution >= 0.6 is 0 Å². The van der Waals surface area contributed by atoms with Crippen LogP contribution in [0.3, 0.4) is 0 Å². The highest BCUT2D eigenvalue weighted by Crippen LogP contribution is 2.45. The predicted octanol–water partition coefficient (Wildman–Crippen LogP) is 4.27. The lowest BCUT2D eigenvalue weighted by molar-refractivity contribution is 0.174. The molecule has 0 bridgehead atoms. The van der Waals surface area contributed by atoms with Gasteiger partial charge in [0, 0.05) is 16.5 Å². The molecule has 0 fully saturated rings. The molecule has 0 unspecified atom stereocenters. The molecule has 1 aliphatic heterocycles. The van der Waals surface area contributed by atoms with E-state index in [1.165, 1.54) is 0 Å². The first-order chi connectivity index (χ1) is 12.1. The van der Waals surface area contributed by atoms with Crippen LogP contribution < -0.4 is 18.9 Å². The van der Waals surface area contributed by atoms with Crippen molar-refractivity contribution in [2.45, 2.75) is 6.92 Å². The summed E-state index contributed by atoms with van der Waals surface area (Å²) in [6, 6.07) is 11.3. The first-order valence-electron chi connectivity index (χ1n) is 7.91. The molecule has 0 saturated heterocycles. The average molecular weight is 338 g/mol. The number of fused-ring (bicyclic) bond motifs is 2. The fourth-order valence-electron chi connectivity index (χ4n) is 3.29. The van der Waals surface area contributed by atoms with Crippen molar-refractivity contribution in [2.24, 2.45) is 0 Å². The molecule has 5 nitrogen and oxygen atoms in total. The van der Waals surface area contributed by atoms with Crippen LogP contribution in [0.15, 0.2) is 36.4 Å². The summed E-state index contributed by atoms with van der Waals surface area (Å²) in [5.74, 6) is 2.86. The Morgan fingerprint density at radius 3 is 2.36 bits per heavy atom. The average Bonchev–Trinajstić information content (AvgIpc) is 3.08. The van der Waals surface area contributed by atoms with Crippen molar-refractivity contribution in [2.75, 3.05) is 21.0 Å². The van der Waals surface area contributed by atoms with Gasteiger partial charge in [0.1, 0.15) is 5.75 Å². The van der Waals surface area contributed by atoms with E-state index in [-0.39, 0.29) is 12.5 Å². The first-order valence-corrected chi connectivity index (χ1v) is 7.91.